The Balaban J connectivity index is 1.69. The first-order valence-corrected chi connectivity index (χ1v) is 9.89. The second-order valence-corrected chi connectivity index (χ2v) is 8.38. The Hall–Kier alpha value is -1.53. The Morgan fingerprint density at radius 1 is 1.43 bits per heavy atom. The molecule has 5 nitrogen and oxygen atoms in total. The molecule has 1 fully saturated rings. The van der Waals surface area contributed by atoms with Crippen LogP contribution < -0.4 is 10.1 Å². The van der Waals surface area contributed by atoms with E-state index in [9.17, 15) is 8.42 Å². The van der Waals surface area contributed by atoms with Gasteiger partial charge in [-0.25, -0.2) is 8.42 Å². The van der Waals surface area contributed by atoms with E-state index >= 15 is 0 Å². The summed E-state index contributed by atoms with van der Waals surface area (Å²) >= 11 is 0. The van der Waals surface area contributed by atoms with Crippen molar-refractivity contribution in [3.05, 3.63) is 30.0 Å². The van der Waals surface area contributed by atoms with Crippen molar-refractivity contribution in [3.8, 4) is 5.75 Å². The molecule has 2 heterocycles. The van der Waals surface area contributed by atoms with Gasteiger partial charge in [0, 0.05) is 5.39 Å². The van der Waals surface area contributed by atoms with Crippen LogP contribution in [0, 0.1) is 5.92 Å². The molecule has 1 aliphatic rings. The fourth-order valence-electron chi connectivity index (χ4n) is 3.02. The number of furan rings is 1. The van der Waals surface area contributed by atoms with E-state index in [2.05, 4.69) is 5.32 Å². The third kappa shape index (κ3) is 3.70. The molecule has 3 rings (SSSR count). The van der Waals surface area contributed by atoms with E-state index in [0.717, 1.165) is 28.9 Å². The molecule has 23 heavy (non-hydrogen) atoms. The number of fused-ring (bicyclic) bond motifs is 1. The van der Waals surface area contributed by atoms with Crippen molar-refractivity contribution in [2.75, 3.05) is 24.7 Å². The average Bonchev–Trinajstić information content (AvgIpc) is 3.09. The third-order valence-corrected chi connectivity index (χ3v) is 6.13. The van der Waals surface area contributed by atoms with Crippen LogP contribution >= 0.6 is 0 Å². The Morgan fingerprint density at radius 3 is 2.96 bits per heavy atom. The molecule has 0 bridgehead atoms. The van der Waals surface area contributed by atoms with E-state index in [1.165, 1.54) is 0 Å². The van der Waals surface area contributed by atoms with Crippen molar-refractivity contribution in [1.29, 1.82) is 0 Å². The van der Waals surface area contributed by atoms with Crippen LogP contribution in [-0.2, 0) is 9.84 Å². The third-order valence-electron chi connectivity index (χ3n) is 4.29. The predicted molar refractivity (Wildman–Crippen MR) is 90.6 cm³/mol. The van der Waals surface area contributed by atoms with E-state index in [1.54, 1.807) is 0 Å². The highest BCUT2D eigenvalue weighted by molar-refractivity contribution is 7.91. The summed E-state index contributed by atoms with van der Waals surface area (Å²) in [6.45, 7) is 5.26. The zero-order valence-electron chi connectivity index (χ0n) is 13.5. The van der Waals surface area contributed by atoms with E-state index in [1.807, 2.05) is 38.1 Å². The Labute approximate surface area is 136 Å². The molecule has 126 valence electrons. The lowest BCUT2D eigenvalue weighted by molar-refractivity contribution is 0.335. The number of ether oxygens (including phenoxy) is 1. The van der Waals surface area contributed by atoms with Crippen LogP contribution in [0.1, 0.15) is 32.1 Å². The van der Waals surface area contributed by atoms with Crippen molar-refractivity contribution in [2.45, 2.75) is 26.3 Å². The molecule has 0 spiro atoms. The average molecular weight is 337 g/mol. The molecule has 0 aliphatic carbocycles. The second kappa shape index (κ2) is 6.53. The molecule has 0 amide bonds. The van der Waals surface area contributed by atoms with Crippen LogP contribution in [0.25, 0.3) is 11.0 Å². The number of benzene rings is 1. The lowest BCUT2D eigenvalue weighted by atomic mass is 10.1. The van der Waals surface area contributed by atoms with Crippen molar-refractivity contribution in [1.82, 2.24) is 5.32 Å². The summed E-state index contributed by atoms with van der Waals surface area (Å²) in [5.74, 6) is 2.40. The highest BCUT2D eigenvalue weighted by Gasteiger charge is 2.28. The minimum atomic E-state index is -2.82. The van der Waals surface area contributed by atoms with Gasteiger partial charge >= 0.3 is 0 Å². The van der Waals surface area contributed by atoms with E-state index in [0.29, 0.717) is 24.7 Å². The molecule has 0 radical (unpaired) electrons. The fraction of sp³-hybridized carbons (Fsp3) is 0.529. The molecule has 0 unspecified atom stereocenters. The van der Waals surface area contributed by atoms with Crippen LogP contribution in [0.4, 0.5) is 0 Å². The van der Waals surface area contributed by atoms with Gasteiger partial charge in [0.2, 0.25) is 0 Å². The summed E-state index contributed by atoms with van der Waals surface area (Å²) in [6, 6.07) is 7.90. The zero-order valence-corrected chi connectivity index (χ0v) is 14.4. The van der Waals surface area contributed by atoms with Gasteiger partial charge in [0.25, 0.3) is 0 Å². The number of rotatable bonds is 6. The van der Waals surface area contributed by atoms with Gasteiger partial charge in [-0.15, -0.1) is 0 Å². The summed E-state index contributed by atoms with van der Waals surface area (Å²) in [5.41, 5.74) is 0.765. The van der Waals surface area contributed by atoms with Crippen LogP contribution in [-0.4, -0.2) is 33.1 Å². The summed E-state index contributed by atoms with van der Waals surface area (Å²) in [6.07, 6.45) is 0.747. The maximum Gasteiger partial charge on any atom is 0.176 e. The second-order valence-electron chi connectivity index (χ2n) is 6.16. The number of sulfone groups is 1. The minimum Gasteiger partial charge on any atom is -0.490 e. The Kier molecular flexibility index (Phi) is 4.64. The predicted octanol–water partition coefficient (Wildman–Crippen LogP) is 2.92. The van der Waals surface area contributed by atoms with Crippen LogP contribution in [0.15, 0.2) is 28.7 Å². The van der Waals surface area contributed by atoms with Crippen LogP contribution in [0.5, 0.6) is 5.75 Å². The SMILES string of the molecule is CCOc1cccc2cc([C@@H](C)NC[C@@H]3CCS(=O)(=O)C3)oc12. The van der Waals surface area contributed by atoms with Crippen molar-refractivity contribution >= 4 is 20.8 Å². The van der Waals surface area contributed by atoms with Gasteiger partial charge < -0.3 is 14.5 Å². The largest absolute Gasteiger partial charge is 0.490 e. The zero-order chi connectivity index (χ0) is 16.4. The maximum absolute atomic E-state index is 11.5. The van der Waals surface area contributed by atoms with Gasteiger partial charge in [0.05, 0.1) is 24.2 Å². The number of para-hydroxylation sites is 1. The van der Waals surface area contributed by atoms with E-state index in [4.69, 9.17) is 9.15 Å². The minimum absolute atomic E-state index is 0.0279. The Bertz CT molecular complexity index is 781. The molecule has 1 aromatic carbocycles. The quantitative estimate of drug-likeness (QED) is 0.878. The summed E-state index contributed by atoms with van der Waals surface area (Å²) in [4.78, 5) is 0. The molecule has 1 aromatic heterocycles. The normalized spacial score (nSPS) is 21.6. The first kappa shape index (κ1) is 16.3. The van der Waals surface area contributed by atoms with Gasteiger partial charge in [-0.1, -0.05) is 12.1 Å². The topological polar surface area (TPSA) is 68.5 Å². The highest BCUT2D eigenvalue weighted by atomic mass is 32.2. The monoisotopic (exact) mass is 337 g/mol. The molecule has 2 aromatic rings. The van der Waals surface area contributed by atoms with Crippen molar-refractivity contribution in [3.63, 3.8) is 0 Å². The lowest BCUT2D eigenvalue weighted by Gasteiger charge is -2.14. The molecular formula is C17H23NO4S. The molecule has 1 N–H and O–H groups in total. The molecule has 1 aliphatic heterocycles. The first-order valence-electron chi connectivity index (χ1n) is 8.07. The van der Waals surface area contributed by atoms with Crippen LogP contribution in [0.3, 0.4) is 0 Å². The van der Waals surface area contributed by atoms with Gasteiger partial charge in [-0.05, 0) is 44.9 Å². The van der Waals surface area contributed by atoms with Gasteiger partial charge in [0.15, 0.2) is 21.2 Å². The smallest absolute Gasteiger partial charge is 0.176 e. The summed E-state index contributed by atoms with van der Waals surface area (Å²) in [7, 11) is -2.82. The molecule has 2 atom stereocenters. The first-order chi connectivity index (χ1) is 11.0. The number of nitrogens with one attached hydrogen (secondary N) is 1. The van der Waals surface area contributed by atoms with Gasteiger partial charge in [0.1, 0.15) is 5.76 Å². The van der Waals surface area contributed by atoms with Crippen molar-refractivity contribution in [2.24, 2.45) is 5.92 Å². The van der Waals surface area contributed by atoms with Crippen molar-refractivity contribution < 1.29 is 17.6 Å². The molecule has 0 saturated carbocycles. The van der Waals surface area contributed by atoms with Crippen LogP contribution in [0.2, 0.25) is 0 Å². The highest BCUT2D eigenvalue weighted by Crippen LogP contribution is 2.31. The number of hydrogen-bond donors (Lipinski definition) is 1. The number of hydrogen-bond acceptors (Lipinski definition) is 5. The van der Waals surface area contributed by atoms with E-state index in [-0.39, 0.29) is 12.0 Å². The lowest BCUT2D eigenvalue weighted by Crippen LogP contribution is -2.26. The molecule has 1 saturated heterocycles. The summed E-state index contributed by atoms with van der Waals surface area (Å²) in [5, 5.41) is 4.41. The fourth-order valence-corrected chi connectivity index (χ4v) is 4.88. The Morgan fingerprint density at radius 2 is 2.26 bits per heavy atom. The molecule has 6 heteroatoms. The maximum atomic E-state index is 11.5. The van der Waals surface area contributed by atoms with Gasteiger partial charge in [-0.2, -0.15) is 0 Å². The summed E-state index contributed by atoms with van der Waals surface area (Å²) < 4.78 is 34.6. The molecular weight excluding hydrogens is 314 g/mol. The standard InChI is InChI=1S/C17H23NO4S/c1-3-21-15-6-4-5-14-9-16(22-17(14)15)12(2)18-10-13-7-8-23(19,20)11-13/h4-6,9,12-13,18H,3,7-8,10-11H2,1-2H3/t12-,13+/m1/s1. The van der Waals surface area contributed by atoms with Gasteiger partial charge in [-0.3, -0.25) is 0 Å². The van der Waals surface area contributed by atoms with E-state index < -0.39 is 9.84 Å².